The van der Waals surface area contributed by atoms with Crippen LogP contribution in [0.5, 0.6) is 0 Å². The van der Waals surface area contributed by atoms with E-state index in [1.54, 1.807) is 0 Å². The normalized spacial score (nSPS) is 14.5. The first-order valence-corrected chi connectivity index (χ1v) is 6.75. The Bertz CT molecular complexity index is 178. The van der Waals surface area contributed by atoms with Crippen LogP contribution in [0, 0.1) is 11.8 Å². The van der Waals surface area contributed by atoms with Crippen molar-refractivity contribution in [3.05, 3.63) is 0 Å². The lowest BCUT2D eigenvalue weighted by atomic mass is 9.94. The summed E-state index contributed by atoms with van der Waals surface area (Å²) in [5.74, 6) is 1.45. The van der Waals surface area contributed by atoms with Crippen LogP contribution in [0.4, 0.5) is 0 Å². The Hall–Kier alpha value is -0.530. The van der Waals surface area contributed by atoms with E-state index < -0.39 is 0 Å². The molecule has 1 unspecified atom stereocenters. The van der Waals surface area contributed by atoms with Crippen molar-refractivity contribution in [2.45, 2.75) is 66.2 Å². The van der Waals surface area contributed by atoms with Crippen molar-refractivity contribution in [1.82, 2.24) is 0 Å². The van der Waals surface area contributed by atoms with Gasteiger partial charge in [-0.2, -0.15) is 0 Å². The van der Waals surface area contributed by atoms with E-state index >= 15 is 0 Å². The number of carbonyl (C=O) groups excluding carboxylic acids is 1. The molecule has 0 heterocycles. The molecule has 0 spiro atoms. The van der Waals surface area contributed by atoms with Crippen molar-refractivity contribution in [3.8, 4) is 0 Å². The minimum Gasteiger partial charge on any atom is -0.466 e. The summed E-state index contributed by atoms with van der Waals surface area (Å²) >= 11 is 0. The Morgan fingerprint density at radius 1 is 1.06 bits per heavy atom. The van der Waals surface area contributed by atoms with Gasteiger partial charge in [-0.3, -0.25) is 4.79 Å². The molecule has 0 aliphatic rings. The van der Waals surface area contributed by atoms with Crippen LogP contribution in [-0.4, -0.2) is 12.6 Å². The van der Waals surface area contributed by atoms with Gasteiger partial charge in [-0.15, -0.1) is 0 Å². The van der Waals surface area contributed by atoms with E-state index in [1.165, 1.54) is 25.7 Å². The van der Waals surface area contributed by atoms with E-state index in [2.05, 4.69) is 20.8 Å². The van der Waals surface area contributed by atoms with Gasteiger partial charge in [0, 0.05) is 6.42 Å². The van der Waals surface area contributed by atoms with Gasteiger partial charge in [-0.05, 0) is 25.2 Å². The molecule has 0 N–H and O–H groups in total. The van der Waals surface area contributed by atoms with Crippen molar-refractivity contribution in [3.63, 3.8) is 0 Å². The summed E-state index contributed by atoms with van der Waals surface area (Å²) in [6, 6.07) is 0. The van der Waals surface area contributed by atoms with Crippen molar-refractivity contribution in [2.24, 2.45) is 11.8 Å². The molecule has 0 aromatic rings. The summed E-state index contributed by atoms with van der Waals surface area (Å²) in [7, 11) is 0. The maximum absolute atomic E-state index is 11.2. The molecule has 2 heteroatoms. The third-order valence-electron chi connectivity index (χ3n) is 3.24. The second-order valence-corrected chi connectivity index (χ2v) is 4.89. The molecular formula is C14H28O2. The summed E-state index contributed by atoms with van der Waals surface area (Å²) in [6.45, 7) is 9.14. The number of esters is 1. The van der Waals surface area contributed by atoms with Crippen molar-refractivity contribution in [2.75, 3.05) is 6.61 Å². The highest BCUT2D eigenvalue weighted by Gasteiger charge is 2.08. The molecule has 0 aromatic carbocycles. The molecule has 0 aliphatic carbocycles. The molecule has 0 rings (SSSR count). The van der Waals surface area contributed by atoms with Crippen LogP contribution in [-0.2, 0) is 9.53 Å². The van der Waals surface area contributed by atoms with Crippen LogP contribution in [0.15, 0.2) is 0 Å². The zero-order valence-electron chi connectivity index (χ0n) is 11.4. The van der Waals surface area contributed by atoms with E-state index in [1.807, 2.05) is 6.92 Å². The number of hydrogen-bond donors (Lipinski definition) is 0. The van der Waals surface area contributed by atoms with E-state index in [9.17, 15) is 4.79 Å². The van der Waals surface area contributed by atoms with Crippen LogP contribution in [0.1, 0.15) is 66.2 Å². The molecule has 2 nitrogen and oxygen atoms in total. The molecule has 16 heavy (non-hydrogen) atoms. The third kappa shape index (κ3) is 8.75. The van der Waals surface area contributed by atoms with Gasteiger partial charge in [-0.1, -0.05) is 46.5 Å². The van der Waals surface area contributed by atoms with E-state index in [0.717, 1.165) is 12.3 Å². The second kappa shape index (κ2) is 9.68. The van der Waals surface area contributed by atoms with Gasteiger partial charge in [0.2, 0.25) is 0 Å². The average Bonchev–Trinajstić information content (AvgIpc) is 2.26. The van der Waals surface area contributed by atoms with Gasteiger partial charge in [0.1, 0.15) is 0 Å². The Morgan fingerprint density at radius 2 is 1.69 bits per heavy atom. The van der Waals surface area contributed by atoms with Gasteiger partial charge >= 0.3 is 5.97 Å². The number of hydrogen-bond acceptors (Lipinski definition) is 2. The third-order valence-corrected chi connectivity index (χ3v) is 3.24. The molecule has 2 atom stereocenters. The molecule has 0 bridgehead atoms. The predicted octanol–water partition coefficient (Wildman–Crippen LogP) is 4.18. The van der Waals surface area contributed by atoms with Gasteiger partial charge in [0.05, 0.1) is 6.61 Å². The van der Waals surface area contributed by atoms with Gasteiger partial charge in [-0.25, -0.2) is 0 Å². The van der Waals surface area contributed by atoms with Crippen LogP contribution in [0.3, 0.4) is 0 Å². The Labute approximate surface area is 101 Å². The SMILES string of the molecule is CCOC(=O)CC[C@H](C)CCCC(C)CC. The molecule has 0 fully saturated rings. The number of rotatable bonds is 9. The predicted molar refractivity (Wildman–Crippen MR) is 68.3 cm³/mol. The summed E-state index contributed by atoms with van der Waals surface area (Å²) < 4.78 is 4.91. The quantitative estimate of drug-likeness (QED) is 0.553. The van der Waals surface area contributed by atoms with Gasteiger partial charge in [0.25, 0.3) is 0 Å². The van der Waals surface area contributed by atoms with Crippen LogP contribution in [0.2, 0.25) is 0 Å². The van der Waals surface area contributed by atoms with Crippen LogP contribution >= 0.6 is 0 Å². The maximum atomic E-state index is 11.2. The van der Waals surface area contributed by atoms with Crippen LogP contribution < -0.4 is 0 Å². The van der Waals surface area contributed by atoms with Crippen molar-refractivity contribution >= 4 is 5.97 Å². The molecule has 0 aliphatic heterocycles. The Kier molecular flexibility index (Phi) is 9.36. The molecule has 0 saturated heterocycles. The lowest BCUT2D eigenvalue weighted by Gasteiger charge is -2.12. The fourth-order valence-corrected chi connectivity index (χ4v) is 1.76. The van der Waals surface area contributed by atoms with Crippen molar-refractivity contribution < 1.29 is 9.53 Å². The maximum Gasteiger partial charge on any atom is 0.305 e. The second-order valence-electron chi connectivity index (χ2n) is 4.89. The highest BCUT2D eigenvalue weighted by Crippen LogP contribution is 2.18. The van der Waals surface area contributed by atoms with E-state index in [4.69, 9.17) is 4.74 Å². The lowest BCUT2D eigenvalue weighted by molar-refractivity contribution is -0.143. The Morgan fingerprint density at radius 3 is 2.25 bits per heavy atom. The topological polar surface area (TPSA) is 26.3 Å². The van der Waals surface area contributed by atoms with E-state index in [-0.39, 0.29) is 5.97 Å². The van der Waals surface area contributed by atoms with Crippen LogP contribution in [0.25, 0.3) is 0 Å². The summed E-state index contributed by atoms with van der Waals surface area (Å²) in [6.07, 6.45) is 6.68. The molecule has 0 saturated carbocycles. The standard InChI is InChI=1S/C14H28O2/c1-5-12(3)8-7-9-13(4)10-11-14(15)16-6-2/h12-13H,5-11H2,1-4H3/t12?,13-/m1/s1. The first-order valence-electron chi connectivity index (χ1n) is 6.75. The first kappa shape index (κ1) is 15.5. The summed E-state index contributed by atoms with van der Waals surface area (Å²) in [5.41, 5.74) is 0. The molecule has 0 radical (unpaired) electrons. The minimum absolute atomic E-state index is 0.0451. The van der Waals surface area contributed by atoms with Gasteiger partial charge < -0.3 is 4.74 Å². The summed E-state index contributed by atoms with van der Waals surface area (Å²) in [5, 5.41) is 0. The lowest BCUT2D eigenvalue weighted by Crippen LogP contribution is -2.06. The number of ether oxygens (including phenoxy) is 1. The number of carbonyl (C=O) groups is 1. The zero-order valence-corrected chi connectivity index (χ0v) is 11.4. The van der Waals surface area contributed by atoms with E-state index in [0.29, 0.717) is 18.9 Å². The highest BCUT2D eigenvalue weighted by atomic mass is 16.5. The smallest absolute Gasteiger partial charge is 0.305 e. The Balaban J connectivity index is 3.44. The largest absolute Gasteiger partial charge is 0.466 e. The average molecular weight is 228 g/mol. The molecular weight excluding hydrogens is 200 g/mol. The monoisotopic (exact) mass is 228 g/mol. The molecule has 96 valence electrons. The fourth-order valence-electron chi connectivity index (χ4n) is 1.76. The van der Waals surface area contributed by atoms with Crippen molar-refractivity contribution in [1.29, 1.82) is 0 Å². The zero-order chi connectivity index (χ0) is 12.4. The molecule has 0 aromatic heterocycles. The first-order chi connectivity index (χ1) is 7.60. The van der Waals surface area contributed by atoms with Gasteiger partial charge in [0.15, 0.2) is 0 Å². The minimum atomic E-state index is -0.0451. The molecule has 0 amide bonds. The fraction of sp³-hybridized carbons (Fsp3) is 0.929. The summed E-state index contributed by atoms with van der Waals surface area (Å²) in [4.78, 5) is 11.2. The highest BCUT2D eigenvalue weighted by molar-refractivity contribution is 5.69.